The lowest BCUT2D eigenvalue weighted by molar-refractivity contribution is -0.153. The van der Waals surface area contributed by atoms with E-state index in [0.717, 1.165) is 53.7 Å². The third kappa shape index (κ3) is 10.8. The van der Waals surface area contributed by atoms with Gasteiger partial charge in [-0.05, 0) is 30.0 Å². The van der Waals surface area contributed by atoms with Crippen LogP contribution in [0.25, 0.3) is 0 Å². The molecule has 9 heteroatoms. The van der Waals surface area contributed by atoms with Gasteiger partial charge in [0.15, 0.2) is 6.04 Å². The van der Waals surface area contributed by atoms with Gasteiger partial charge in [0, 0.05) is 6.54 Å². The van der Waals surface area contributed by atoms with Crippen LogP contribution in [-0.4, -0.2) is 58.3 Å². The molecule has 0 aliphatic carbocycles. The fraction of sp³-hybridized carbons (Fsp3) is 0.421. The van der Waals surface area contributed by atoms with E-state index in [4.69, 9.17) is 9.47 Å². The maximum absolute atomic E-state index is 14.0. The third-order valence-electron chi connectivity index (χ3n) is 8.31. The van der Waals surface area contributed by atoms with Crippen molar-refractivity contribution in [1.82, 2.24) is 15.1 Å². The minimum absolute atomic E-state index is 0.000116. The van der Waals surface area contributed by atoms with Gasteiger partial charge in [-0.3, -0.25) is 14.9 Å². The van der Waals surface area contributed by atoms with Crippen LogP contribution in [0.4, 0.5) is 4.79 Å². The highest BCUT2D eigenvalue weighted by Crippen LogP contribution is 2.22. The average Bonchev–Trinajstić information content (AvgIpc) is 3.43. The van der Waals surface area contributed by atoms with E-state index < -0.39 is 42.0 Å². The Morgan fingerprint density at radius 1 is 0.766 bits per heavy atom. The molecule has 0 saturated carbocycles. The molecule has 1 saturated heterocycles. The first-order valence-electron chi connectivity index (χ1n) is 16.7. The smallest absolute Gasteiger partial charge is 0.331 e. The molecule has 1 aliphatic heterocycles. The van der Waals surface area contributed by atoms with Crippen LogP contribution in [0.15, 0.2) is 91.0 Å². The summed E-state index contributed by atoms with van der Waals surface area (Å²) in [5, 5.41) is 3.15. The van der Waals surface area contributed by atoms with E-state index >= 15 is 0 Å². The van der Waals surface area contributed by atoms with Crippen molar-refractivity contribution < 1.29 is 28.7 Å². The van der Waals surface area contributed by atoms with Crippen molar-refractivity contribution >= 4 is 23.9 Å². The van der Waals surface area contributed by atoms with E-state index in [0.29, 0.717) is 6.42 Å². The molecule has 3 aromatic carbocycles. The van der Waals surface area contributed by atoms with Crippen LogP contribution in [0.1, 0.15) is 75.5 Å². The number of nitrogens with zero attached hydrogens (tertiary/aromatic N) is 2. The van der Waals surface area contributed by atoms with Crippen molar-refractivity contribution in [3.63, 3.8) is 0 Å². The van der Waals surface area contributed by atoms with Gasteiger partial charge < -0.3 is 14.4 Å². The first kappa shape index (κ1) is 35.4. The molecule has 0 radical (unpaired) electrons. The Morgan fingerprint density at radius 2 is 1.30 bits per heavy atom. The number of nitrogens with one attached hydrogen (secondary N) is 1. The van der Waals surface area contributed by atoms with Crippen molar-refractivity contribution in [3.05, 3.63) is 108 Å². The molecule has 0 aromatic heterocycles. The number of rotatable bonds is 18. The minimum Gasteiger partial charge on any atom is -0.460 e. The molecular weight excluding hydrogens is 594 g/mol. The van der Waals surface area contributed by atoms with Crippen molar-refractivity contribution in [2.45, 2.75) is 96.7 Å². The summed E-state index contributed by atoms with van der Waals surface area (Å²) < 4.78 is 11.3. The number of amides is 3. The normalized spacial score (nSPS) is 15.7. The summed E-state index contributed by atoms with van der Waals surface area (Å²) in [5.41, 5.74) is 2.53. The number of carbonyl (C=O) groups excluding carboxylic acids is 4. The Labute approximate surface area is 278 Å². The first-order chi connectivity index (χ1) is 22.9. The van der Waals surface area contributed by atoms with Gasteiger partial charge in [-0.15, -0.1) is 0 Å². The predicted octanol–water partition coefficient (Wildman–Crippen LogP) is 6.40. The zero-order valence-corrected chi connectivity index (χ0v) is 27.5. The van der Waals surface area contributed by atoms with Gasteiger partial charge in [0.25, 0.3) is 0 Å². The Bertz CT molecular complexity index is 1420. The fourth-order valence-electron chi connectivity index (χ4n) is 5.65. The molecule has 3 amide bonds. The molecule has 4 rings (SSSR count). The van der Waals surface area contributed by atoms with Crippen LogP contribution in [0, 0.1) is 0 Å². The number of unbranched alkanes of at least 4 members (excludes halogenated alkanes) is 5. The lowest BCUT2D eigenvalue weighted by Gasteiger charge is -2.27. The van der Waals surface area contributed by atoms with Crippen molar-refractivity contribution in [2.24, 2.45) is 0 Å². The second-order valence-corrected chi connectivity index (χ2v) is 12.1. The molecular formula is C38H47N3O6. The number of esters is 2. The van der Waals surface area contributed by atoms with Gasteiger partial charge >= 0.3 is 18.0 Å². The monoisotopic (exact) mass is 641 g/mol. The molecule has 1 fully saturated rings. The van der Waals surface area contributed by atoms with E-state index in [2.05, 4.69) is 12.2 Å². The highest BCUT2D eigenvalue weighted by Gasteiger charge is 2.47. The van der Waals surface area contributed by atoms with E-state index in [9.17, 15) is 19.2 Å². The summed E-state index contributed by atoms with van der Waals surface area (Å²) in [6.45, 7) is 4.15. The summed E-state index contributed by atoms with van der Waals surface area (Å²) in [5.74, 6) is -1.72. The van der Waals surface area contributed by atoms with Crippen LogP contribution >= 0.6 is 0 Å². The van der Waals surface area contributed by atoms with Gasteiger partial charge in [0.05, 0.1) is 12.6 Å². The SMILES string of the molecule is CCCCCCCC[C@H](N[C@@H](C)C(=O)N1C(=O)N(Cc2ccccc2)C[C@H]1C(=O)OCc1ccccc1)C(=O)OCc1ccccc1. The number of imide groups is 1. The molecule has 0 spiro atoms. The van der Waals surface area contributed by atoms with Crippen LogP contribution in [0.3, 0.4) is 0 Å². The summed E-state index contributed by atoms with van der Waals surface area (Å²) in [7, 11) is 0. The van der Waals surface area contributed by atoms with Gasteiger partial charge in [0.2, 0.25) is 5.91 Å². The highest BCUT2D eigenvalue weighted by atomic mass is 16.5. The largest absolute Gasteiger partial charge is 0.460 e. The van der Waals surface area contributed by atoms with Crippen LogP contribution in [0.2, 0.25) is 0 Å². The summed E-state index contributed by atoms with van der Waals surface area (Å²) in [6, 6.07) is 24.6. The number of hydrogen-bond donors (Lipinski definition) is 1. The number of ether oxygens (including phenoxy) is 2. The Morgan fingerprint density at radius 3 is 1.89 bits per heavy atom. The Hall–Kier alpha value is -4.50. The van der Waals surface area contributed by atoms with E-state index in [1.165, 1.54) is 11.3 Å². The first-order valence-corrected chi connectivity index (χ1v) is 16.7. The number of carbonyl (C=O) groups is 4. The van der Waals surface area contributed by atoms with Gasteiger partial charge in [-0.1, -0.05) is 136 Å². The Balaban J connectivity index is 1.47. The molecule has 1 N–H and O–H groups in total. The molecule has 1 heterocycles. The predicted molar refractivity (Wildman–Crippen MR) is 180 cm³/mol. The number of hydrogen-bond acceptors (Lipinski definition) is 7. The van der Waals surface area contributed by atoms with Crippen LogP contribution < -0.4 is 5.32 Å². The van der Waals surface area contributed by atoms with Gasteiger partial charge in [0.1, 0.15) is 19.3 Å². The van der Waals surface area contributed by atoms with Crippen molar-refractivity contribution in [1.29, 1.82) is 0 Å². The lowest BCUT2D eigenvalue weighted by Crippen LogP contribution is -2.55. The fourth-order valence-corrected chi connectivity index (χ4v) is 5.65. The molecule has 47 heavy (non-hydrogen) atoms. The zero-order valence-electron chi connectivity index (χ0n) is 27.5. The standard InChI is InChI=1S/C38H47N3O6/c1-3-4-5-6-7-17-24-33(36(43)46-27-31-20-13-9-14-21-31)39-29(2)35(42)41-34(37(44)47-28-32-22-15-10-16-23-32)26-40(38(41)45)25-30-18-11-8-12-19-30/h8-16,18-23,29,33-34,39H,3-7,17,24-28H2,1-2H3/t29-,33-,34-/m0/s1. The third-order valence-corrected chi connectivity index (χ3v) is 8.31. The molecule has 3 aromatic rings. The van der Waals surface area contributed by atoms with Gasteiger partial charge in [-0.25, -0.2) is 14.5 Å². The molecule has 0 bridgehead atoms. The highest BCUT2D eigenvalue weighted by molar-refractivity contribution is 6.03. The van der Waals surface area contributed by atoms with E-state index in [-0.39, 0.29) is 26.3 Å². The van der Waals surface area contributed by atoms with Crippen LogP contribution in [-0.2, 0) is 43.6 Å². The zero-order chi connectivity index (χ0) is 33.4. The second kappa shape index (κ2) is 18.6. The average molecular weight is 642 g/mol. The maximum atomic E-state index is 14.0. The molecule has 9 nitrogen and oxygen atoms in total. The maximum Gasteiger partial charge on any atom is 0.331 e. The molecule has 1 aliphatic rings. The minimum atomic E-state index is -1.13. The Kier molecular flexibility index (Phi) is 14.0. The van der Waals surface area contributed by atoms with Gasteiger partial charge in [-0.2, -0.15) is 0 Å². The van der Waals surface area contributed by atoms with E-state index in [1.54, 1.807) is 6.92 Å². The summed E-state index contributed by atoms with van der Waals surface area (Å²) in [4.78, 5) is 56.9. The molecule has 0 unspecified atom stereocenters. The second-order valence-electron chi connectivity index (χ2n) is 12.1. The lowest BCUT2D eigenvalue weighted by atomic mass is 10.0. The van der Waals surface area contributed by atoms with Crippen molar-refractivity contribution in [2.75, 3.05) is 6.54 Å². The van der Waals surface area contributed by atoms with Crippen molar-refractivity contribution in [3.8, 4) is 0 Å². The van der Waals surface area contributed by atoms with Crippen LogP contribution in [0.5, 0.6) is 0 Å². The number of urea groups is 1. The molecule has 3 atom stereocenters. The summed E-state index contributed by atoms with van der Waals surface area (Å²) in [6.07, 6.45) is 6.75. The number of benzene rings is 3. The molecule has 250 valence electrons. The topological polar surface area (TPSA) is 105 Å². The summed E-state index contributed by atoms with van der Waals surface area (Å²) >= 11 is 0. The van der Waals surface area contributed by atoms with E-state index in [1.807, 2.05) is 91.0 Å². The quantitative estimate of drug-likeness (QED) is 0.127.